The van der Waals surface area contributed by atoms with Crippen molar-refractivity contribution in [2.75, 3.05) is 20.4 Å². The van der Waals surface area contributed by atoms with Gasteiger partial charge >= 0.3 is 0 Å². The van der Waals surface area contributed by atoms with Crippen molar-refractivity contribution in [2.45, 2.75) is 13.3 Å². The molecule has 0 saturated heterocycles. The van der Waals surface area contributed by atoms with Crippen molar-refractivity contribution in [3.05, 3.63) is 217 Å². The topological polar surface area (TPSA) is 35.5 Å². The molecular weight excluding hydrogens is 835 g/mol. The van der Waals surface area contributed by atoms with Crippen molar-refractivity contribution >= 4 is 127 Å². The second-order valence-electron chi connectivity index (χ2n) is 19.4. The summed E-state index contributed by atoms with van der Waals surface area (Å²) in [6.07, 6.45) is 5.86. The van der Waals surface area contributed by atoms with Crippen molar-refractivity contribution in [3.8, 4) is 16.8 Å². The monoisotopic (exact) mass is 879 g/mol. The highest BCUT2D eigenvalue weighted by Gasteiger charge is 2.50. The van der Waals surface area contributed by atoms with Gasteiger partial charge in [0.1, 0.15) is 0 Å². The van der Waals surface area contributed by atoms with E-state index in [0.29, 0.717) is 5.92 Å². The summed E-state index contributed by atoms with van der Waals surface area (Å²) < 4.78 is 2.46. The normalized spacial score (nSPS) is 15.4. The molecule has 0 bridgehead atoms. The molecule has 15 rings (SSSR count). The van der Waals surface area contributed by atoms with Crippen LogP contribution < -0.4 is 53.2 Å². The van der Waals surface area contributed by atoms with E-state index >= 15 is 0 Å². The van der Waals surface area contributed by atoms with Crippen LogP contribution in [0.15, 0.2) is 217 Å². The molecule has 10 aromatic rings. The second kappa shape index (κ2) is 14.8. The van der Waals surface area contributed by atoms with Gasteiger partial charge in [-0.05, 0) is 118 Å². The molecular formula is C61H44B3N5. The third kappa shape index (κ3) is 5.57. The predicted molar refractivity (Wildman–Crippen MR) is 297 cm³/mol. The molecule has 0 saturated carbocycles. The van der Waals surface area contributed by atoms with Crippen LogP contribution in [-0.2, 0) is 0 Å². The first-order chi connectivity index (χ1) is 34.2. The van der Waals surface area contributed by atoms with Gasteiger partial charge in [-0.15, -0.1) is 0 Å². The molecule has 0 spiro atoms. The van der Waals surface area contributed by atoms with Gasteiger partial charge < -0.3 is 25.0 Å². The number of aromatic nitrogens is 1. The summed E-state index contributed by atoms with van der Waals surface area (Å²) >= 11 is 0. The van der Waals surface area contributed by atoms with Gasteiger partial charge in [0.2, 0.25) is 0 Å². The average Bonchev–Trinajstić information content (AvgIpc) is 3.74. The second-order valence-corrected chi connectivity index (χ2v) is 19.4. The minimum absolute atomic E-state index is 0.0698. The summed E-state index contributed by atoms with van der Waals surface area (Å²) in [5.74, 6) is 0.391. The van der Waals surface area contributed by atoms with Crippen LogP contribution >= 0.6 is 0 Å². The zero-order valence-electron chi connectivity index (χ0n) is 38.2. The molecule has 69 heavy (non-hydrogen) atoms. The Kier molecular flexibility index (Phi) is 8.32. The lowest BCUT2D eigenvalue weighted by Gasteiger charge is -2.51. The van der Waals surface area contributed by atoms with E-state index in [1.165, 1.54) is 105 Å². The first-order valence-electron chi connectivity index (χ1n) is 24.5. The number of nitrogens with one attached hydrogen (secondary N) is 2. The number of nitrogens with zero attached hydrogens (tertiary/aromatic N) is 3. The van der Waals surface area contributed by atoms with Crippen LogP contribution in [0.3, 0.4) is 0 Å². The molecule has 0 fully saturated rings. The van der Waals surface area contributed by atoms with E-state index < -0.39 is 0 Å². The number of hydrogen-bond acceptors (Lipinski definition) is 4. The SMILES string of the molecule is CC1CC=CC2=C1Bc1c(-c3c(Nc4ccccc4)cc(-n4c5ccccc5c5ccccc54)cc3Nc3ccccc3)c3c4c5c1N2c1ccccc1B5c1ccccc1N4c1ccccc1B3. The third-order valence-electron chi connectivity index (χ3n) is 15.6. The van der Waals surface area contributed by atoms with Crippen molar-refractivity contribution in [1.82, 2.24) is 4.57 Å². The predicted octanol–water partition coefficient (Wildman–Crippen LogP) is 10.3. The van der Waals surface area contributed by atoms with Gasteiger partial charge in [0, 0.05) is 61.8 Å². The lowest BCUT2D eigenvalue weighted by atomic mass is 9.31. The molecule has 0 radical (unpaired) electrons. The van der Waals surface area contributed by atoms with Crippen LogP contribution in [0.2, 0.25) is 0 Å². The minimum Gasteiger partial charge on any atom is -0.355 e. The van der Waals surface area contributed by atoms with Crippen molar-refractivity contribution in [1.29, 1.82) is 0 Å². The lowest BCUT2D eigenvalue weighted by molar-refractivity contribution is 0.707. The van der Waals surface area contributed by atoms with E-state index in [0.717, 1.165) is 49.4 Å². The van der Waals surface area contributed by atoms with Gasteiger partial charge in [-0.25, -0.2) is 0 Å². The number of allylic oxidation sites excluding steroid dienone is 3. The Labute approximate surface area is 403 Å². The van der Waals surface area contributed by atoms with Gasteiger partial charge in [-0.2, -0.15) is 0 Å². The Morgan fingerprint density at radius 3 is 1.70 bits per heavy atom. The number of anilines is 9. The molecule has 4 aliphatic heterocycles. The molecule has 9 aromatic carbocycles. The van der Waals surface area contributed by atoms with Crippen LogP contribution in [-0.4, -0.2) is 25.8 Å². The van der Waals surface area contributed by atoms with Gasteiger partial charge in [0.15, 0.2) is 14.6 Å². The van der Waals surface area contributed by atoms with E-state index in [4.69, 9.17) is 0 Å². The molecule has 1 unspecified atom stereocenters. The van der Waals surface area contributed by atoms with E-state index in [1.807, 2.05) is 0 Å². The standard InChI is InChI=1S/C61H44B3N5/c1-37-19-18-34-53-56(37)63-58-55(57-60-59-61(58)69(53)52-33-17-12-28-45(52)64(59)44-27-11-16-32-51(44)68(60)50-31-15-10-26-43(50)62-57)54-46(65-38-20-4-2-5-21-38)35-40(36-47(54)66-39-22-6-3-7-23-39)67-48-29-13-8-24-41(48)42-25-9-14-30-49(42)67/h2-18,20-37,62-63,65-66H,19H2,1H3. The van der Waals surface area contributed by atoms with Gasteiger partial charge in [-0.1, -0.05) is 151 Å². The first-order valence-corrected chi connectivity index (χ1v) is 24.5. The highest BCUT2D eigenvalue weighted by atomic mass is 15.2. The molecule has 0 amide bonds. The van der Waals surface area contributed by atoms with Crippen molar-refractivity contribution in [3.63, 3.8) is 0 Å². The van der Waals surface area contributed by atoms with Crippen LogP contribution in [0.25, 0.3) is 38.6 Å². The average molecular weight is 879 g/mol. The number of fused-ring (bicyclic) bond motifs is 12. The Balaban J connectivity index is 1.12. The third-order valence-corrected chi connectivity index (χ3v) is 15.6. The van der Waals surface area contributed by atoms with E-state index in [-0.39, 0.29) is 6.71 Å². The molecule has 1 aromatic heterocycles. The van der Waals surface area contributed by atoms with Crippen molar-refractivity contribution in [2.24, 2.45) is 5.92 Å². The molecule has 322 valence electrons. The number of rotatable bonds is 6. The number of benzene rings is 9. The smallest absolute Gasteiger partial charge is 0.252 e. The molecule has 1 aliphatic carbocycles. The largest absolute Gasteiger partial charge is 0.355 e. The number of hydrogen-bond donors (Lipinski definition) is 2. The van der Waals surface area contributed by atoms with Crippen LogP contribution in [0.5, 0.6) is 0 Å². The van der Waals surface area contributed by atoms with E-state index in [9.17, 15) is 0 Å². The fourth-order valence-electron chi connectivity index (χ4n) is 12.8. The molecule has 5 nitrogen and oxygen atoms in total. The Bertz CT molecular complexity index is 3760. The fourth-order valence-corrected chi connectivity index (χ4v) is 12.8. The maximum atomic E-state index is 4.11. The highest BCUT2D eigenvalue weighted by molar-refractivity contribution is 7.02. The maximum Gasteiger partial charge on any atom is 0.252 e. The summed E-state index contributed by atoms with van der Waals surface area (Å²) in [5, 5.41) is 10.7. The van der Waals surface area contributed by atoms with Crippen LogP contribution in [0.4, 0.5) is 51.2 Å². The number of para-hydroxylation sites is 7. The Hall–Kier alpha value is -8.35. The zero-order chi connectivity index (χ0) is 45.3. The summed E-state index contributed by atoms with van der Waals surface area (Å²) in [6.45, 7) is 2.50. The minimum atomic E-state index is 0.0698. The summed E-state index contributed by atoms with van der Waals surface area (Å²) in [7, 11) is 1.67. The van der Waals surface area contributed by atoms with Crippen LogP contribution in [0, 0.1) is 5.92 Å². The van der Waals surface area contributed by atoms with Gasteiger partial charge in [0.05, 0.1) is 28.1 Å². The van der Waals surface area contributed by atoms with E-state index in [1.54, 1.807) is 0 Å². The van der Waals surface area contributed by atoms with E-state index in [2.05, 4.69) is 238 Å². The van der Waals surface area contributed by atoms with Gasteiger partial charge in [-0.3, -0.25) is 0 Å². The highest BCUT2D eigenvalue weighted by Crippen LogP contribution is 2.50. The zero-order valence-corrected chi connectivity index (χ0v) is 38.2. The van der Waals surface area contributed by atoms with Crippen LogP contribution in [0.1, 0.15) is 13.3 Å². The summed E-state index contributed by atoms with van der Waals surface area (Å²) in [5.41, 5.74) is 27.7. The molecule has 8 heteroatoms. The first kappa shape index (κ1) is 38.7. The Morgan fingerprint density at radius 2 is 1.04 bits per heavy atom. The molecule has 2 N–H and O–H groups in total. The molecule has 5 heterocycles. The Morgan fingerprint density at radius 1 is 0.522 bits per heavy atom. The quantitative estimate of drug-likeness (QED) is 0.163. The van der Waals surface area contributed by atoms with Gasteiger partial charge in [0.25, 0.3) is 6.71 Å². The fraction of sp³-hybridized carbons (Fsp3) is 0.0492. The summed E-state index contributed by atoms with van der Waals surface area (Å²) in [4.78, 5) is 5.31. The molecule has 1 atom stereocenters. The lowest BCUT2D eigenvalue weighted by Crippen LogP contribution is -2.67. The maximum absolute atomic E-state index is 4.11. The van der Waals surface area contributed by atoms with Crippen molar-refractivity contribution < 1.29 is 0 Å². The summed E-state index contributed by atoms with van der Waals surface area (Å²) in [6, 6.07) is 71.6. The molecule has 5 aliphatic rings.